The van der Waals surface area contributed by atoms with Crippen molar-refractivity contribution in [1.82, 2.24) is 10.2 Å². The molecule has 1 aromatic rings. The third-order valence-electron chi connectivity index (χ3n) is 3.93. The lowest BCUT2D eigenvalue weighted by Gasteiger charge is -2.19. The summed E-state index contributed by atoms with van der Waals surface area (Å²) in [6.45, 7) is 6.93. The molecule has 0 amide bonds. The zero-order chi connectivity index (χ0) is 16.1. The molecule has 1 saturated carbocycles. The molecule has 6 heteroatoms. The van der Waals surface area contributed by atoms with Crippen LogP contribution in [-0.4, -0.2) is 36.5 Å². The van der Waals surface area contributed by atoms with E-state index in [0.29, 0.717) is 22.5 Å². The van der Waals surface area contributed by atoms with Gasteiger partial charge in [0, 0.05) is 22.6 Å². The largest absolute Gasteiger partial charge is 0.370 e. The quantitative estimate of drug-likeness (QED) is 0.589. The predicted molar refractivity (Wildman–Crippen MR) is 94.8 cm³/mol. The lowest BCUT2D eigenvalue weighted by molar-refractivity contribution is 0.286. The van der Waals surface area contributed by atoms with E-state index in [2.05, 4.69) is 22.1 Å². The Morgan fingerprint density at radius 2 is 2.18 bits per heavy atom. The highest BCUT2D eigenvalue weighted by Crippen LogP contribution is 2.26. The summed E-state index contributed by atoms with van der Waals surface area (Å²) >= 11 is 12.1. The standard InChI is InChI=1S/C16H24Cl2N4/c1-3-22(13-5-6-13)9-8-20-16(19)21-11(2)14-7-4-12(17)10-15(14)18/h4,7,10-11,13H,3,5-6,8-9H2,1-2H3,(H3,19,20,21). The van der Waals surface area contributed by atoms with Crippen molar-refractivity contribution in [3.05, 3.63) is 33.8 Å². The van der Waals surface area contributed by atoms with E-state index < -0.39 is 0 Å². The van der Waals surface area contributed by atoms with Gasteiger partial charge in [0.25, 0.3) is 0 Å². The SMILES string of the molecule is CCN(CCN=C(N)NC(C)c1ccc(Cl)cc1Cl)C1CC1. The van der Waals surface area contributed by atoms with E-state index in [1.54, 1.807) is 6.07 Å². The molecule has 1 unspecified atom stereocenters. The minimum Gasteiger partial charge on any atom is -0.370 e. The Hall–Kier alpha value is -0.970. The maximum absolute atomic E-state index is 6.20. The van der Waals surface area contributed by atoms with Gasteiger partial charge in [0.05, 0.1) is 12.6 Å². The van der Waals surface area contributed by atoms with Crippen molar-refractivity contribution < 1.29 is 0 Å². The third-order valence-corrected chi connectivity index (χ3v) is 4.49. The van der Waals surface area contributed by atoms with Gasteiger partial charge in [-0.25, -0.2) is 0 Å². The Bertz CT molecular complexity index is 529. The second-order valence-corrected chi connectivity index (χ2v) is 6.50. The Labute approximate surface area is 142 Å². The lowest BCUT2D eigenvalue weighted by Crippen LogP contribution is -2.35. The molecular formula is C16H24Cl2N4. The van der Waals surface area contributed by atoms with Crippen molar-refractivity contribution >= 4 is 29.2 Å². The number of aliphatic imine (C=N–C) groups is 1. The normalized spacial score (nSPS) is 16.9. The number of nitrogens with zero attached hydrogens (tertiary/aromatic N) is 2. The minimum atomic E-state index is -0.0146. The molecule has 0 heterocycles. The van der Waals surface area contributed by atoms with Gasteiger partial charge < -0.3 is 11.1 Å². The van der Waals surface area contributed by atoms with Crippen LogP contribution in [0.15, 0.2) is 23.2 Å². The molecule has 0 saturated heterocycles. The minimum absolute atomic E-state index is 0.0146. The zero-order valence-electron chi connectivity index (χ0n) is 13.1. The average molecular weight is 343 g/mol. The van der Waals surface area contributed by atoms with Crippen molar-refractivity contribution in [2.24, 2.45) is 10.7 Å². The fourth-order valence-corrected chi connectivity index (χ4v) is 3.11. The molecule has 1 aliphatic carbocycles. The monoisotopic (exact) mass is 342 g/mol. The Morgan fingerprint density at radius 3 is 2.77 bits per heavy atom. The number of benzene rings is 1. The molecule has 4 nitrogen and oxygen atoms in total. The van der Waals surface area contributed by atoms with Gasteiger partial charge in [-0.3, -0.25) is 9.89 Å². The van der Waals surface area contributed by atoms with Crippen LogP contribution in [0.4, 0.5) is 0 Å². The van der Waals surface area contributed by atoms with Crippen LogP contribution in [0.2, 0.25) is 10.0 Å². The molecule has 1 aliphatic rings. The van der Waals surface area contributed by atoms with Crippen LogP contribution >= 0.6 is 23.2 Å². The van der Waals surface area contributed by atoms with Crippen molar-refractivity contribution in [2.75, 3.05) is 19.6 Å². The van der Waals surface area contributed by atoms with E-state index in [9.17, 15) is 0 Å². The van der Waals surface area contributed by atoms with Gasteiger partial charge in [-0.15, -0.1) is 0 Å². The smallest absolute Gasteiger partial charge is 0.189 e. The third kappa shape index (κ3) is 5.04. The number of nitrogens with one attached hydrogen (secondary N) is 1. The topological polar surface area (TPSA) is 53.6 Å². The second-order valence-electron chi connectivity index (χ2n) is 5.66. The molecule has 1 atom stereocenters. The van der Waals surface area contributed by atoms with Gasteiger partial charge in [0.1, 0.15) is 0 Å². The highest BCUT2D eigenvalue weighted by molar-refractivity contribution is 6.35. The molecule has 1 fully saturated rings. The number of hydrogen-bond acceptors (Lipinski definition) is 2. The molecule has 0 aliphatic heterocycles. The predicted octanol–water partition coefficient (Wildman–Crippen LogP) is 3.44. The molecule has 0 bridgehead atoms. The maximum atomic E-state index is 6.20. The Morgan fingerprint density at radius 1 is 1.45 bits per heavy atom. The molecule has 1 aromatic carbocycles. The molecular weight excluding hydrogens is 319 g/mol. The van der Waals surface area contributed by atoms with Crippen LogP contribution in [0.25, 0.3) is 0 Å². The average Bonchev–Trinajstić information content (AvgIpc) is 3.28. The van der Waals surface area contributed by atoms with Crippen LogP contribution < -0.4 is 11.1 Å². The molecule has 0 aromatic heterocycles. The summed E-state index contributed by atoms with van der Waals surface area (Å²) in [7, 11) is 0. The van der Waals surface area contributed by atoms with Crippen LogP contribution in [0.3, 0.4) is 0 Å². The van der Waals surface area contributed by atoms with Gasteiger partial charge in [-0.2, -0.15) is 0 Å². The van der Waals surface area contributed by atoms with E-state index in [0.717, 1.165) is 24.7 Å². The van der Waals surface area contributed by atoms with Gasteiger partial charge in [0.15, 0.2) is 5.96 Å². The number of halogens is 2. The summed E-state index contributed by atoms with van der Waals surface area (Å²) in [6, 6.07) is 6.21. The van der Waals surface area contributed by atoms with Gasteiger partial charge in [-0.05, 0) is 44.0 Å². The van der Waals surface area contributed by atoms with Crippen molar-refractivity contribution in [3.63, 3.8) is 0 Å². The first-order chi connectivity index (χ1) is 10.5. The molecule has 2 rings (SSSR count). The fraction of sp³-hybridized carbons (Fsp3) is 0.562. The number of likely N-dealkylation sites (N-methyl/N-ethyl adjacent to an activating group) is 1. The van der Waals surface area contributed by atoms with Crippen LogP contribution in [0, 0.1) is 0 Å². The second kappa shape index (κ2) is 8.04. The van der Waals surface area contributed by atoms with Crippen LogP contribution in [0.5, 0.6) is 0 Å². The van der Waals surface area contributed by atoms with Crippen molar-refractivity contribution in [2.45, 2.75) is 38.8 Å². The number of nitrogens with two attached hydrogens (primary N) is 1. The summed E-state index contributed by atoms with van der Waals surface area (Å²) in [5.74, 6) is 0.449. The van der Waals surface area contributed by atoms with Gasteiger partial charge in [-0.1, -0.05) is 36.2 Å². The zero-order valence-corrected chi connectivity index (χ0v) is 14.7. The number of hydrogen-bond donors (Lipinski definition) is 2. The molecule has 3 N–H and O–H groups in total. The fourth-order valence-electron chi connectivity index (χ4n) is 2.54. The van der Waals surface area contributed by atoms with Crippen LogP contribution in [0.1, 0.15) is 38.3 Å². The lowest BCUT2D eigenvalue weighted by atomic mass is 10.1. The van der Waals surface area contributed by atoms with Gasteiger partial charge in [0.2, 0.25) is 0 Å². The van der Waals surface area contributed by atoms with E-state index >= 15 is 0 Å². The van der Waals surface area contributed by atoms with E-state index in [1.807, 2.05) is 19.1 Å². The van der Waals surface area contributed by atoms with E-state index in [4.69, 9.17) is 28.9 Å². The summed E-state index contributed by atoms with van der Waals surface area (Å²) in [6.07, 6.45) is 2.63. The van der Waals surface area contributed by atoms with Gasteiger partial charge >= 0.3 is 0 Å². The first-order valence-electron chi connectivity index (χ1n) is 7.76. The molecule has 0 radical (unpaired) electrons. The maximum Gasteiger partial charge on any atom is 0.189 e. The Balaban J connectivity index is 1.84. The summed E-state index contributed by atoms with van der Waals surface area (Å²) in [4.78, 5) is 6.86. The summed E-state index contributed by atoms with van der Waals surface area (Å²) in [5.41, 5.74) is 6.92. The summed E-state index contributed by atoms with van der Waals surface area (Å²) < 4.78 is 0. The first-order valence-corrected chi connectivity index (χ1v) is 8.52. The van der Waals surface area contributed by atoms with E-state index in [1.165, 1.54) is 12.8 Å². The van der Waals surface area contributed by atoms with Crippen molar-refractivity contribution in [3.8, 4) is 0 Å². The number of rotatable bonds is 7. The van der Waals surface area contributed by atoms with Crippen LogP contribution in [-0.2, 0) is 0 Å². The molecule has 122 valence electrons. The molecule has 22 heavy (non-hydrogen) atoms. The Kier molecular flexibility index (Phi) is 6.36. The summed E-state index contributed by atoms with van der Waals surface area (Å²) in [5, 5.41) is 4.43. The van der Waals surface area contributed by atoms with E-state index in [-0.39, 0.29) is 6.04 Å². The highest BCUT2D eigenvalue weighted by Gasteiger charge is 2.27. The molecule has 0 spiro atoms. The highest BCUT2D eigenvalue weighted by atomic mass is 35.5. The number of guanidine groups is 1. The first kappa shape index (κ1) is 17.4. The van der Waals surface area contributed by atoms with Crippen molar-refractivity contribution in [1.29, 1.82) is 0 Å².